The van der Waals surface area contributed by atoms with Gasteiger partial charge in [-0.25, -0.2) is 15.0 Å². The largest absolute Gasteiger partial charge is 0.247 e. The number of aromatic nitrogens is 5. The van der Waals surface area contributed by atoms with Gasteiger partial charge < -0.3 is 0 Å². The maximum atomic E-state index is 5.24. The van der Waals surface area contributed by atoms with Crippen LogP contribution in [-0.2, 0) is 0 Å². The van der Waals surface area contributed by atoms with Crippen molar-refractivity contribution in [2.75, 3.05) is 0 Å². The van der Waals surface area contributed by atoms with Gasteiger partial charge in [0.1, 0.15) is 11.0 Å². The maximum absolute atomic E-state index is 5.24. The third-order valence-corrected chi connectivity index (χ3v) is 8.45. The fourth-order valence-corrected chi connectivity index (χ4v) is 6.15. The molecule has 0 aliphatic carbocycles. The smallest absolute Gasteiger partial charge is 0.160 e. The molecule has 0 saturated carbocycles. The van der Waals surface area contributed by atoms with E-state index in [1.165, 1.54) is 22.9 Å². The van der Waals surface area contributed by atoms with Gasteiger partial charge in [-0.2, -0.15) is 8.75 Å². The Morgan fingerprint density at radius 3 is 1.88 bits per heavy atom. The number of pyridine rings is 1. The third-order valence-electron chi connectivity index (χ3n) is 7.91. The molecule has 0 radical (unpaired) electrons. The molecule has 0 spiro atoms. The number of aryl methyl sites for hydroxylation is 2. The van der Waals surface area contributed by atoms with Gasteiger partial charge in [-0.05, 0) is 38.1 Å². The number of benzene rings is 5. The minimum Gasteiger partial charge on any atom is -0.247 e. The zero-order valence-electron chi connectivity index (χ0n) is 23.6. The topological polar surface area (TPSA) is 64.5 Å². The normalized spacial score (nSPS) is 11.5. The van der Waals surface area contributed by atoms with Crippen molar-refractivity contribution < 1.29 is 0 Å². The molecule has 5 nitrogen and oxygen atoms in total. The summed E-state index contributed by atoms with van der Waals surface area (Å²) in [4.78, 5) is 15.3. The Hall–Kier alpha value is -5.33. The molecule has 0 saturated heterocycles. The quantitative estimate of drug-likeness (QED) is 0.197. The first kappa shape index (κ1) is 25.4. The highest BCUT2D eigenvalue weighted by Crippen LogP contribution is 2.38. The van der Waals surface area contributed by atoms with Crippen LogP contribution in [0.2, 0.25) is 0 Å². The molecule has 0 amide bonds. The minimum atomic E-state index is 0.694. The average Bonchev–Trinajstić information content (AvgIpc) is 3.54. The molecule has 0 atom stereocenters. The Morgan fingerprint density at radius 2 is 1.14 bits per heavy atom. The van der Waals surface area contributed by atoms with Gasteiger partial charge in [-0.15, -0.1) is 0 Å². The van der Waals surface area contributed by atoms with Crippen molar-refractivity contribution in [2.24, 2.45) is 0 Å². The standard InChI is InChI=1S/C37H25N5S/c1-22-8-12-24(13-9-22)31-21-32(40-37(39-31)26-14-10-23(2)11-15-26)27-16-17-28-33(20-27)38-35(25-6-4-3-5-7-25)29-18-19-30-36(34(28)29)42-43-41-30/h3-21H,1-2H3. The summed E-state index contributed by atoms with van der Waals surface area (Å²) in [7, 11) is 0. The fourth-order valence-electron chi connectivity index (χ4n) is 5.61. The summed E-state index contributed by atoms with van der Waals surface area (Å²) in [5.74, 6) is 0.694. The van der Waals surface area contributed by atoms with E-state index < -0.39 is 0 Å². The zero-order chi connectivity index (χ0) is 28.9. The van der Waals surface area contributed by atoms with Crippen LogP contribution in [0.3, 0.4) is 0 Å². The van der Waals surface area contributed by atoms with E-state index in [4.69, 9.17) is 19.3 Å². The molecular weight excluding hydrogens is 547 g/mol. The van der Waals surface area contributed by atoms with Crippen LogP contribution in [0.5, 0.6) is 0 Å². The SMILES string of the molecule is Cc1ccc(-c2cc(-c3ccc4c(c3)nc(-c3ccccc3)c3ccc5nsnc5c34)nc(-c3ccc(C)cc3)n2)cc1. The van der Waals surface area contributed by atoms with Gasteiger partial charge in [0.15, 0.2) is 5.82 Å². The van der Waals surface area contributed by atoms with Crippen LogP contribution in [0, 0.1) is 13.8 Å². The molecule has 0 unspecified atom stereocenters. The number of fused-ring (bicyclic) bond motifs is 5. The third kappa shape index (κ3) is 4.53. The van der Waals surface area contributed by atoms with Crippen LogP contribution in [0.4, 0.5) is 0 Å². The molecule has 204 valence electrons. The second kappa shape index (κ2) is 10.2. The van der Waals surface area contributed by atoms with Crippen molar-refractivity contribution in [2.45, 2.75) is 13.8 Å². The molecule has 5 aromatic carbocycles. The number of hydrogen-bond donors (Lipinski definition) is 0. The summed E-state index contributed by atoms with van der Waals surface area (Å²) in [6.07, 6.45) is 0. The van der Waals surface area contributed by atoms with Crippen LogP contribution in [0.1, 0.15) is 11.1 Å². The van der Waals surface area contributed by atoms with Crippen molar-refractivity contribution in [1.29, 1.82) is 0 Å². The lowest BCUT2D eigenvalue weighted by atomic mass is 9.97. The summed E-state index contributed by atoms with van der Waals surface area (Å²) in [6.45, 7) is 4.18. The predicted octanol–water partition coefficient (Wildman–Crippen LogP) is 9.47. The molecule has 8 rings (SSSR count). The van der Waals surface area contributed by atoms with Crippen molar-refractivity contribution in [1.82, 2.24) is 23.7 Å². The lowest BCUT2D eigenvalue weighted by molar-refractivity contribution is 1.18. The van der Waals surface area contributed by atoms with Crippen LogP contribution in [0.25, 0.3) is 77.9 Å². The van der Waals surface area contributed by atoms with E-state index in [-0.39, 0.29) is 0 Å². The summed E-state index contributed by atoms with van der Waals surface area (Å²) in [5, 5.41) is 3.19. The Balaban J connectivity index is 1.38. The maximum Gasteiger partial charge on any atom is 0.160 e. The summed E-state index contributed by atoms with van der Waals surface area (Å²) in [6, 6.07) is 39.8. The van der Waals surface area contributed by atoms with Crippen molar-refractivity contribution in [3.8, 4) is 45.2 Å². The zero-order valence-corrected chi connectivity index (χ0v) is 24.4. The summed E-state index contributed by atoms with van der Waals surface area (Å²) >= 11 is 1.24. The predicted molar refractivity (Wildman–Crippen MR) is 177 cm³/mol. The van der Waals surface area contributed by atoms with Gasteiger partial charge in [0.05, 0.1) is 34.3 Å². The molecule has 0 aliphatic rings. The molecule has 43 heavy (non-hydrogen) atoms. The van der Waals surface area contributed by atoms with E-state index in [1.807, 2.05) is 24.3 Å². The van der Waals surface area contributed by atoms with Crippen molar-refractivity contribution in [3.63, 3.8) is 0 Å². The van der Waals surface area contributed by atoms with Gasteiger partial charge in [0.25, 0.3) is 0 Å². The van der Waals surface area contributed by atoms with E-state index in [2.05, 4.69) is 109 Å². The summed E-state index contributed by atoms with van der Waals surface area (Å²) in [5.41, 5.74) is 11.8. The number of rotatable bonds is 4. The number of hydrogen-bond acceptors (Lipinski definition) is 6. The minimum absolute atomic E-state index is 0.694. The highest BCUT2D eigenvalue weighted by atomic mass is 32.1. The van der Waals surface area contributed by atoms with E-state index in [9.17, 15) is 0 Å². The Kier molecular flexibility index (Phi) is 6.02. The van der Waals surface area contributed by atoms with E-state index in [0.717, 1.165) is 72.0 Å². The van der Waals surface area contributed by atoms with E-state index in [1.54, 1.807) is 0 Å². The molecule has 0 aliphatic heterocycles. The van der Waals surface area contributed by atoms with E-state index in [0.29, 0.717) is 5.82 Å². The second-order valence-corrected chi connectivity index (χ2v) is 11.4. The molecule has 0 N–H and O–H groups in total. The average molecular weight is 572 g/mol. The molecule has 3 heterocycles. The van der Waals surface area contributed by atoms with Crippen molar-refractivity contribution >= 4 is 44.4 Å². The second-order valence-electron chi connectivity index (χ2n) is 10.9. The molecule has 0 bridgehead atoms. The van der Waals surface area contributed by atoms with E-state index >= 15 is 0 Å². The lowest BCUT2D eigenvalue weighted by Gasteiger charge is -2.13. The lowest BCUT2D eigenvalue weighted by Crippen LogP contribution is -1.97. The highest BCUT2D eigenvalue weighted by Gasteiger charge is 2.17. The van der Waals surface area contributed by atoms with Gasteiger partial charge in [0, 0.05) is 38.4 Å². The van der Waals surface area contributed by atoms with Crippen molar-refractivity contribution in [3.05, 3.63) is 126 Å². The van der Waals surface area contributed by atoms with Crippen LogP contribution in [-0.4, -0.2) is 23.7 Å². The molecular formula is C37H25N5S. The molecule has 6 heteroatoms. The number of nitrogens with zero attached hydrogens (tertiary/aromatic N) is 5. The first-order valence-corrected chi connectivity index (χ1v) is 14.9. The molecule has 3 aromatic heterocycles. The highest BCUT2D eigenvalue weighted by molar-refractivity contribution is 7.00. The molecule has 8 aromatic rings. The van der Waals surface area contributed by atoms with Gasteiger partial charge in [-0.1, -0.05) is 102 Å². The molecule has 0 fully saturated rings. The first-order valence-electron chi connectivity index (χ1n) is 14.2. The Labute approximate surface area is 252 Å². The van der Waals surface area contributed by atoms with Gasteiger partial charge >= 0.3 is 0 Å². The van der Waals surface area contributed by atoms with Crippen LogP contribution >= 0.6 is 11.7 Å². The van der Waals surface area contributed by atoms with Gasteiger partial charge in [0.2, 0.25) is 0 Å². The first-order chi connectivity index (χ1) is 21.1. The van der Waals surface area contributed by atoms with Crippen LogP contribution in [0.15, 0.2) is 115 Å². The fraction of sp³-hybridized carbons (Fsp3) is 0.0541. The van der Waals surface area contributed by atoms with Gasteiger partial charge in [-0.3, -0.25) is 0 Å². The van der Waals surface area contributed by atoms with Crippen LogP contribution < -0.4 is 0 Å². The Morgan fingerprint density at radius 1 is 0.488 bits per heavy atom. The monoisotopic (exact) mass is 571 g/mol. The Bertz CT molecular complexity index is 2230. The summed E-state index contributed by atoms with van der Waals surface area (Å²) < 4.78 is 9.22.